The van der Waals surface area contributed by atoms with Gasteiger partial charge in [-0.05, 0) is 24.6 Å². The van der Waals surface area contributed by atoms with E-state index >= 15 is 0 Å². The van der Waals surface area contributed by atoms with Crippen molar-refractivity contribution in [2.24, 2.45) is 0 Å². The number of aliphatic hydroxyl groups is 1. The average Bonchev–Trinajstić information content (AvgIpc) is 2.37. The number of likely N-dealkylation sites (N-methyl/N-ethyl adjacent to an activating group) is 2. The Hall–Kier alpha value is -1.46. The van der Waals surface area contributed by atoms with E-state index < -0.39 is 0 Å². The number of aliphatic hydroxyl groups excluding tert-OH is 1. The lowest BCUT2D eigenvalue weighted by atomic mass is 9.97. The number of rotatable bonds is 3. The predicted molar refractivity (Wildman–Crippen MR) is 68.3 cm³/mol. The molecule has 1 aromatic rings. The van der Waals surface area contributed by atoms with E-state index in [2.05, 4.69) is 16.9 Å². The van der Waals surface area contributed by atoms with Crippen LogP contribution in [-0.2, 0) is 13.0 Å². The SMILES string of the molecule is CN1CCc2c(cncc2C(=O)N(C)CCO)C1. The summed E-state index contributed by atoms with van der Waals surface area (Å²) in [5.74, 6) is -0.0575. The largest absolute Gasteiger partial charge is 0.395 e. The summed E-state index contributed by atoms with van der Waals surface area (Å²) in [7, 11) is 3.77. The van der Waals surface area contributed by atoms with Gasteiger partial charge in [-0.15, -0.1) is 0 Å². The smallest absolute Gasteiger partial charge is 0.255 e. The first-order chi connectivity index (χ1) is 8.63. The third kappa shape index (κ3) is 2.52. The average molecular weight is 249 g/mol. The molecule has 0 aliphatic carbocycles. The van der Waals surface area contributed by atoms with E-state index in [9.17, 15) is 4.79 Å². The van der Waals surface area contributed by atoms with Crippen LogP contribution in [0.5, 0.6) is 0 Å². The fourth-order valence-corrected chi connectivity index (χ4v) is 2.28. The molecule has 5 heteroatoms. The lowest BCUT2D eigenvalue weighted by Crippen LogP contribution is -2.33. The van der Waals surface area contributed by atoms with Gasteiger partial charge in [0.1, 0.15) is 0 Å². The van der Waals surface area contributed by atoms with Crippen molar-refractivity contribution in [3.8, 4) is 0 Å². The molecule has 1 aromatic heterocycles. The van der Waals surface area contributed by atoms with Gasteiger partial charge in [-0.2, -0.15) is 0 Å². The van der Waals surface area contributed by atoms with Gasteiger partial charge < -0.3 is 14.9 Å². The second-order valence-electron chi connectivity index (χ2n) is 4.76. The highest BCUT2D eigenvalue weighted by Gasteiger charge is 2.22. The highest BCUT2D eigenvalue weighted by molar-refractivity contribution is 5.95. The molecule has 0 saturated carbocycles. The van der Waals surface area contributed by atoms with Crippen molar-refractivity contribution in [2.45, 2.75) is 13.0 Å². The van der Waals surface area contributed by atoms with Crippen LogP contribution in [0.4, 0.5) is 0 Å². The van der Waals surface area contributed by atoms with Crippen molar-refractivity contribution in [1.82, 2.24) is 14.8 Å². The first kappa shape index (κ1) is 13.0. The molecule has 0 radical (unpaired) electrons. The van der Waals surface area contributed by atoms with Gasteiger partial charge in [0.15, 0.2) is 0 Å². The molecule has 2 rings (SSSR count). The minimum absolute atomic E-state index is 0.0204. The molecule has 1 amide bonds. The number of carbonyl (C=O) groups is 1. The van der Waals surface area contributed by atoms with Gasteiger partial charge in [0, 0.05) is 39.1 Å². The van der Waals surface area contributed by atoms with E-state index in [-0.39, 0.29) is 12.5 Å². The van der Waals surface area contributed by atoms with E-state index in [1.165, 1.54) is 4.90 Å². The van der Waals surface area contributed by atoms with Crippen LogP contribution in [0.1, 0.15) is 21.5 Å². The van der Waals surface area contributed by atoms with Crippen molar-refractivity contribution in [3.05, 3.63) is 29.1 Å². The zero-order chi connectivity index (χ0) is 13.1. The quantitative estimate of drug-likeness (QED) is 0.827. The molecule has 0 fully saturated rings. The maximum absolute atomic E-state index is 12.2. The van der Waals surface area contributed by atoms with Crippen LogP contribution in [0.15, 0.2) is 12.4 Å². The van der Waals surface area contributed by atoms with E-state index in [4.69, 9.17) is 5.11 Å². The van der Waals surface area contributed by atoms with Gasteiger partial charge in [0.05, 0.1) is 12.2 Å². The summed E-state index contributed by atoms with van der Waals surface area (Å²) in [4.78, 5) is 20.2. The van der Waals surface area contributed by atoms with Gasteiger partial charge in [-0.3, -0.25) is 9.78 Å². The van der Waals surface area contributed by atoms with Gasteiger partial charge in [-0.1, -0.05) is 0 Å². The predicted octanol–water partition coefficient (Wildman–Crippen LogP) is 0.134. The maximum Gasteiger partial charge on any atom is 0.255 e. The Bertz CT molecular complexity index is 448. The van der Waals surface area contributed by atoms with Crippen molar-refractivity contribution in [3.63, 3.8) is 0 Å². The fraction of sp³-hybridized carbons (Fsp3) is 0.538. The zero-order valence-corrected chi connectivity index (χ0v) is 10.9. The van der Waals surface area contributed by atoms with Crippen LogP contribution < -0.4 is 0 Å². The minimum atomic E-state index is -0.0575. The summed E-state index contributed by atoms with van der Waals surface area (Å²) >= 11 is 0. The number of amides is 1. The second-order valence-corrected chi connectivity index (χ2v) is 4.76. The standard InChI is InChI=1S/C13H19N3O2/c1-15-4-3-11-10(9-15)7-14-8-12(11)13(18)16(2)5-6-17/h7-8,17H,3-6,9H2,1-2H3. The highest BCUT2D eigenvalue weighted by atomic mass is 16.3. The van der Waals surface area contributed by atoms with Crippen molar-refractivity contribution in [2.75, 3.05) is 33.8 Å². The van der Waals surface area contributed by atoms with Crippen molar-refractivity contribution in [1.29, 1.82) is 0 Å². The van der Waals surface area contributed by atoms with Gasteiger partial charge in [0.2, 0.25) is 0 Å². The minimum Gasteiger partial charge on any atom is -0.395 e. The summed E-state index contributed by atoms with van der Waals surface area (Å²) in [6.07, 6.45) is 4.36. The van der Waals surface area contributed by atoms with Crippen LogP contribution in [0.2, 0.25) is 0 Å². The molecule has 0 spiro atoms. The Morgan fingerprint density at radius 1 is 1.56 bits per heavy atom. The number of hydrogen-bond donors (Lipinski definition) is 1. The summed E-state index contributed by atoms with van der Waals surface area (Å²) in [6, 6.07) is 0. The zero-order valence-electron chi connectivity index (χ0n) is 10.9. The Morgan fingerprint density at radius 2 is 2.33 bits per heavy atom. The third-order valence-electron chi connectivity index (χ3n) is 3.34. The van der Waals surface area contributed by atoms with Crippen LogP contribution in [0.3, 0.4) is 0 Å². The topological polar surface area (TPSA) is 56.7 Å². The number of aromatic nitrogens is 1. The first-order valence-electron chi connectivity index (χ1n) is 6.14. The fourth-order valence-electron chi connectivity index (χ4n) is 2.28. The molecule has 0 unspecified atom stereocenters. The normalized spacial score (nSPS) is 15.3. The Morgan fingerprint density at radius 3 is 3.06 bits per heavy atom. The summed E-state index contributed by atoms with van der Waals surface area (Å²) < 4.78 is 0. The van der Waals surface area contributed by atoms with E-state index in [1.807, 2.05) is 6.20 Å². The maximum atomic E-state index is 12.2. The molecule has 1 N–H and O–H groups in total. The second kappa shape index (κ2) is 5.46. The Labute approximate surface area is 107 Å². The lowest BCUT2D eigenvalue weighted by Gasteiger charge is -2.27. The number of hydrogen-bond acceptors (Lipinski definition) is 4. The molecule has 0 saturated heterocycles. The van der Waals surface area contributed by atoms with Crippen LogP contribution >= 0.6 is 0 Å². The van der Waals surface area contributed by atoms with Crippen LogP contribution in [0.25, 0.3) is 0 Å². The third-order valence-corrected chi connectivity index (χ3v) is 3.34. The molecule has 5 nitrogen and oxygen atoms in total. The number of fused-ring (bicyclic) bond motifs is 1. The van der Waals surface area contributed by atoms with Gasteiger partial charge >= 0.3 is 0 Å². The molecular formula is C13H19N3O2. The number of carbonyl (C=O) groups excluding carboxylic acids is 1. The van der Waals surface area contributed by atoms with E-state index in [0.29, 0.717) is 12.1 Å². The molecule has 0 aromatic carbocycles. The van der Waals surface area contributed by atoms with Crippen LogP contribution in [0, 0.1) is 0 Å². The Kier molecular flexibility index (Phi) is 3.93. The highest BCUT2D eigenvalue weighted by Crippen LogP contribution is 2.21. The number of pyridine rings is 1. The summed E-state index contributed by atoms with van der Waals surface area (Å²) in [5.41, 5.74) is 2.92. The molecule has 98 valence electrons. The Balaban J connectivity index is 2.29. The van der Waals surface area contributed by atoms with Crippen LogP contribution in [-0.4, -0.2) is 59.6 Å². The monoisotopic (exact) mass is 249 g/mol. The summed E-state index contributed by atoms with van der Waals surface area (Å²) in [6.45, 7) is 2.13. The molecule has 18 heavy (non-hydrogen) atoms. The van der Waals surface area contributed by atoms with Gasteiger partial charge in [-0.25, -0.2) is 0 Å². The lowest BCUT2D eigenvalue weighted by molar-refractivity contribution is 0.0764. The van der Waals surface area contributed by atoms with Crippen molar-refractivity contribution >= 4 is 5.91 Å². The molecule has 2 heterocycles. The van der Waals surface area contributed by atoms with Crippen molar-refractivity contribution < 1.29 is 9.90 Å². The van der Waals surface area contributed by atoms with E-state index in [1.54, 1.807) is 13.2 Å². The first-order valence-corrected chi connectivity index (χ1v) is 6.14. The van der Waals surface area contributed by atoms with E-state index in [0.717, 1.165) is 30.6 Å². The molecule has 1 aliphatic rings. The molecular weight excluding hydrogens is 230 g/mol. The molecule has 0 bridgehead atoms. The molecule has 1 aliphatic heterocycles. The number of nitrogens with zero attached hydrogens (tertiary/aromatic N) is 3. The summed E-state index contributed by atoms with van der Waals surface area (Å²) in [5, 5.41) is 8.89. The van der Waals surface area contributed by atoms with Gasteiger partial charge in [0.25, 0.3) is 5.91 Å². The molecule has 0 atom stereocenters.